The molecular formula is C21H19NO5. The second-order valence-corrected chi connectivity index (χ2v) is 5.80. The lowest BCUT2D eigenvalue weighted by atomic mass is 10.1. The van der Waals surface area contributed by atoms with Crippen LogP contribution in [0, 0.1) is 0 Å². The molecule has 0 radical (unpaired) electrons. The van der Waals surface area contributed by atoms with E-state index in [0.717, 1.165) is 5.56 Å². The summed E-state index contributed by atoms with van der Waals surface area (Å²) in [5.41, 5.74) is 0.999. The highest BCUT2D eigenvalue weighted by molar-refractivity contribution is 6.05. The van der Waals surface area contributed by atoms with Crippen molar-refractivity contribution in [3.8, 4) is 11.5 Å². The second kappa shape index (κ2) is 7.78. The molecule has 3 rings (SSSR count). The smallest absolute Gasteiger partial charge is 0.349 e. The molecule has 0 aliphatic carbocycles. The summed E-state index contributed by atoms with van der Waals surface area (Å²) in [7, 11) is 3.03. The van der Waals surface area contributed by atoms with E-state index in [1.54, 1.807) is 30.3 Å². The van der Waals surface area contributed by atoms with E-state index in [0.29, 0.717) is 34.6 Å². The van der Waals surface area contributed by atoms with Crippen molar-refractivity contribution in [3.05, 3.63) is 76.7 Å². The Hall–Kier alpha value is -3.54. The minimum absolute atomic E-state index is 0.0759. The fraction of sp³-hybridized carbons (Fsp3) is 0.143. The molecule has 0 unspecified atom stereocenters. The molecule has 6 nitrogen and oxygen atoms in total. The molecule has 0 spiro atoms. The molecule has 1 amide bonds. The molecule has 27 heavy (non-hydrogen) atoms. The van der Waals surface area contributed by atoms with E-state index in [4.69, 9.17) is 13.9 Å². The minimum Gasteiger partial charge on any atom is -0.493 e. The molecule has 2 aromatic carbocycles. The highest BCUT2D eigenvalue weighted by Gasteiger charge is 2.16. The molecule has 1 N–H and O–H groups in total. The summed E-state index contributed by atoms with van der Waals surface area (Å²) in [5.74, 6) is 0.442. The van der Waals surface area contributed by atoms with Crippen LogP contribution in [-0.2, 0) is 6.42 Å². The summed E-state index contributed by atoms with van der Waals surface area (Å²) in [6, 6.07) is 12.0. The number of rotatable bonds is 6. The van der Waals surface area contributed by atoms with Crippen molar-refractivity contribution in [2.75, 3.05) is 19.5 Å². The van der Waals surface area contributed by atoms with Crippen molar-refractivity contribution in [3.63, 3.8) is 0 Å². The Morgan fingerprint density at radius 1 is 1.15 bits per heavy atom. The van der Waals surface area contributed by atoms with Gasteiger partial charge in [-0.1, -0.05) is 24.3 Å². The van der Waals surface area contributed by atoms with Crippen molar-refractivity contribution in [2.45, 2.75) is 6.42 Å². The van der Waals surface area contributed by atoms with Crippen LogP contribution in [0.2, 0.25) is 0 Å². The van der Waals surface area contributed by atoms with Crippen molar-refractivity contribution in [1.29, 1.82) is 0 Å². The minimum atomic E-state index is -0.697. The Morgan fingerprint density at radius 3 is 2.63 bits per heavy atom. The van der Waals surface area contributed by atoms with Crippen molar-refractivity contribution < 1.29 is 18.7 Å². The van der Waals surface area contributed by atoms with Crippen molar-refractivity contribution >= 4 is 22.6 Å². The first kappa shape index (κ1) is 18.3. The number of fused-ring (bicyclic) bond motifs is 1. The van der Waals surface area contributed by atoms with Crippen molar-refractivity contribution in [2.24, 2.45) is 0 Å². The van der Waals surface area contributed by atoms with Crippen molar-refractivity contribution in [1.82, 2.24) is 0 Å². The lowest BCUT2D eigenvalue weighted by Crippen LogP contribution is -2.20. The number of carbonyl (C=O) groups excluding carboxylic acids is 1. The zero-order valence-electron chi connectivity index (χ0n) is 15.1. The molecule has 1 heterocycles. The van der Waals surface area contributed by atoms with Gasteiger partial charge >= 0.3 is 5.63 Å². The highest BCUT2D eigenvalue weighted by Crippen LogP contribution is 2.30. The Labute approximate surface area is 156 Å². The molecule has 0 aliphatic rings. The molecule has 3 aromatic rings. The first-order valence-corrected chi connectivity index (χ1v) is 8.27. The van der Waals surface area contributed by atoms with Crippen LogP contribution in [0.5, 0.6) is 11.5 Å². The van der Waals surface area contributed by atoms with Crippen LogP contribution in [0.3, 0.4) is 0 Å². The average molecular weight is 365 g/mol. The largest absolute Gasteiger partial charge is 0.493 e. The molecule has 0 aliphatic heterocycles. The topological polar surface area (TPSA) is 77.8 Å². The van der Waals surface area contributed by atoms with Crippen LogP contribution in [0.15, 0.2) is 64.3 Å². The number of anilines is 1. The van der Waals surface area contributed by atoms with Gasteiger partial charge in [-0.15, -0.1) is 6.58 Å². The van der Waals surface area contributed by atoms with E-state index < -0.39 is 11.5 Å². The summed E-state index contributed by atoms with van der Waals surface area (Å²) in [4.78, 5) is 24.9. The van der Waals surface area contributed by atoms with E-state index in [-0.39, 0.29) is 5.56 Å². The molecule has 138 valence electrons. The molecule has 0 saturated carbocycles. The lowest BCUT2D eigenvalue weighted by Gasteiger charge is -2.10. The van der Waals surface area contributed by atoms with Crippen LogP contribution in [0.4, 0.5) is 5.69 Å². The van der Waals surface area contributed by atoms with Crippen LogP contribution >= 0.6 is 0 Å². The Morgan fingerprint density at radius 2 is 1.93 bits per heavy atom. The summed E-state index contributed by atoms with van der Waals surface area (Å²) in [5, 5.41) is 3.35. The number of methoxy groups -OCH3 is 2. The van der Waals surface area contributed by atoms with E-state index in [1.807, 2.05) is 12.1 Å². The van der Waals surface area contributed by atoms with Gasteiger partial charge in [0.1, 0.15) is 11.1 Å². The number of amides is 1. The second-order valence-electron chi connectivity index (χ2n) is 5.80. The van der Waals surface area contributed by atoms with Gasteiger partial charge in [0.25, 0.3) is 5.91 Å². The Kier molecular flexibility index (Phi) is 5.26. The van der Waals surface area contributed by atoms with Gasteiger partial charge < -0.3 is 19.2 Å². The van der Waals surface area contributed by atoms with Gasteiger partial charge in [-0.3, -0.25) is 4.79 Å². The SMILES string of the molecule is C=CCc1cccc2cc(C(=O)Nc3ccc(OC)c(OC)c3)c(=O)oc12. The van der Waals surface area contributed by atoms with Gasteiger partial charge in [0, 0.05) is 17.1 Å². The Balaban J connectivity index is 1.95. The molecule has 1 aromatic heterocycles. The quantitative estimate of drug-likeness (QED) is 0.531. The number of carbonyl (C=O) groups is 1. The number of ether oxygens (including phenoxy) is 2. The van der Waals surface area contributed by atoms with Gasteiger partial charge in [0.2, 0.25) is 0 Å². The predicted molar refractivity (Wildman–Crippen MR) is 104 cm³/mol. The van der Waals surface area contributed by atoms with Gasteiger partial charge in [-0.25, -0.2) is 4.79 Å². The molecule has 0 atom stereocenters. The van der Waals surface area contributed by atoms with Crippen LogP contribution < -0.4 is 20.4 Å². The predicted octanol–water partition coefficient (Wildman–Crippen LogP) is 3.79. The normalized spacial score (nSPS) is 10.4. The number of nitrogens with one attached hydrogen (secondary N) is 1. The maximum Gasteiger partial charge on any atom is 0.349 e. The maximum atomic E-state index is 12.6. The number of allylic oxidation sites excluding steroid dienone is 1. The van der Waals surface area contributed by atoms with Crippen LogP contribution in [-0.4, -0.2) is 20.1 Å². The molecule has 6 heteroatoms. The number of hydrogen-bond acceptors (Lipinski definition) is 5. The first-order valence-electron chi connectivity index (χ1n) is 8.27. The zero-order valence-corrected chi connectivity index (χ0v) is 15.1. The Bertz CT molecular complexity index is 1070. The highest BCUT2D eigenvalue weighted by atomic mass is 16.5. The zero-order chi connectivity index (χ0) is 19.4. The summed E-state index contributed by atoms with van der Waals surface area (Å²) < 4.78 is 15.8. The molecular weight excluding hydrogens is 346 g/mol. The number of benzene rings is 2. The van der Waals surface area contributed by atoms with Crippen LogP contribution in [0.25, 0.3) is 11.0 Å². The third-order valence-electron chi connectivity index (χ3n) is 4.09. The van der Waals surface area contributed by atoms with E-state index in [1.165, 1.54) is 20.3 Å². The monoisotopic (exact) mass is 365 g/mol. The summed E-state index contributed by atoms with van der Waals surface area (Å²) >= 11 is 0. The molecule has 0 fully saturated rings. The van der Waals surface area contributed by atoms with Crippen LogP contribution in [0.1, 0.15) is 15.9 Å². The van der Waals surface area contributed by atoms with Gasteiger partial charge in [-0.2, -0.15) is 0 Å². The average Bonchev–Trinajstić information content (AvgIpc) is 2.68. The number of hydrogen-bond donors (Lipinski definition) is 1. The van der Waals surface area contributed by atoms with E-state index in [2.05, 4.69) is 11.9 Å². The van der Waals surface area contributed by atoms with Gasteiger partial charge in [-0.05, 0) is 30.2 Å². The van der Waals surface area contributed by atoms with Gasteiger partial charge in [0.05, 0.1) is 14.2 Å². The summed E-state index contributed by atoms with van der Waals surface area (Å²) in [6.45, 7) is 3.70. The number of para-hydroxylation sites is 1. The van der Waals surface area contributed by atoms with E-state index >= 15 is 0 Å². The summed E-state index contributed by atoms with van der Waals surface area (Å²) in [6.07, 6.45) is 2.30. The fourth-order valence-electron chi connectivity index (χ4n) is 2.79. The third kappa shape index (κ3) is 3.69. The lowest BCUT2D eigenvalue weighted by molar-refractivity contribution is 0.102. The fourth-order valence-corrected chi connectivity index (χ4v) is 2.79. The maximum absolute atomic E-state index is 12.6. The standard InChI is InChI=1S/C21H19NO5/c1-4-6-13-7-5-8-14-11-16(21(24)27-19(13)14)20(23)22-15-9-10-17(25-2)18(12-15)26-3/h4-5,7-12H,1,6H2,2-3H3,(H,22,23). The molecule has 0 bridgehead atoms. The molecule has 0 saturated heterocycles. The van der Waals surface area contributed by atoms with E-state index in [9.17, 15) is 9.59 Å². The first-order chi connectivity index (χ1) is 13.1. The van der Waals surface area contributed by atoms with Gasteiger partial charge in [0.15, 0.2) is 11.5 Å². The third-order valence-corrected chi connectivity index (χ3v) is 4.09.